The molecule has 3 rings (SSSR count). The molecule has 1 fully saturated rings. The van der Waals surface area contributed by atoms with E-state index in [1.165, 1.54) is 18.4 Å². The third kappa shape index (κ3) is 6.19. The summed E-state index contributed by atoms with van der Waals surface area (Å²) in [6.45, 7) is 3.27. The van der Waals surface area contributed by atoms with Gasteiger partial charge in [-0.05, 0) is 49.2 Å². The molecule has 2 aromatic carbocycles. The van der Waals surface area contributed by atoms with Crippen molar-refractivity contribution in [3.8, 4) is 0 Å². The first-order valence-electron chi connectivity index (χ1n) is 9.62. The Hall–Kier alpha value is -2.09. The van der Waals surface area contributed by atoms with E-state index in [4.69, 9.17) is 11.6 Å². The third-order valence-corrected chi connectivity index (χ3v) is 6.37. The van der Waals surface area contributed by atoms with E-state index >= 15 is 0 Å². The van der Waals surface area contributed by atoms with Gasteiger partial charge in [-0.1, -0.05) is 48.0 Å². The molecule has 2 aromatic rings. The van der Waals surface area contributed by atoms with Gasteiger partial charge in [0.15, 0.2) is 0 Å². The number of sulfonamides is 1. The predicted molar refractivity (Wildman–Crippen MR) is 116 cm³/mol. The molecule has 29 heavy (non-hydrogen) atoms. The van der Waals surface area contributed by atoms with Gasteiger partial charge in [0.25, 0.3) is 0 Å². The fourth-order valence-electron chi connectivity index (χ4n) is 3.38. The molecule has 0 unspecified atom stereocenters. The van der Waals surface area contributed by atoms with Crippen LogP contribution in [0.1, 0.15) is 24.0 Å². The molecule has 8 heteroatoms. The number of anilines is 1. The quantitative estimate of drug-likeness (QED) is 0.692. The van der Waals surface area contributed by atoms with Crippen LogP contribution in [0.5, 0.6) is 0 Å². The number of amides is 1. The number of nitrogens with zero attached hydrogens (tertiary/aromatic N) is 2. The summed E-state index contributed by atoms with van der Waals surface area (Å²) < 4.78 is 25.3. The molecule has 0 spiro atoms. The molecule has 0 saturated carbocycles. The zero-order chi connectivity index (χ0) is 20.9. The number of halogens is 1. The fraction of sp³-hybridized carbons (Fsp3) is 0.381. The Kier molecular flexibility index (Phi) is 7.16. The summed E-state index contributed by atoms with van der Waals surface area (Å²) in [7, 11) is -3.65. The lowest BCUT2D eigenvalue weighted by molar-refractivity contribution is -0.119. The number of hydrogen-bond donors (Lipinski definition) is 1. The standard InChI is InChI=1S/C21H26ClN3O3S/c1-29(27,28)25(20-7-3-2-6-19(20)22)16-21(26)23-14-17-8-10-18(11-9-17)15-24-12-4-5-13-24/h2-3,6-11H,4-5,12-16H2,1H3,(H,23,26). The number of nitrogens with one attached hydrogen (secondary N) is 1. The Balaban J connectivity index is 1.57. The molecule has 1 saturated heterocycles. The van der Waals surface area contributed by atoms with Gasteiger partial charge >= 0.3 is 0 Å². The minimum absolute atomic E-state index is 0.277. The highest BCUT2D eigenvalue weighted by Crippen LogP contribution is 2.26. The lowest BCUT2D eigenvalue weighted by atomic mass is 10.1. The molecule has 1 heterocycles. The fourth-order valence-corrected chi connectivity index (χ4v) is 4.54. The van der Waals surface area contributed by atoms with Crippen molar-refractivity contribution in [3.05, 3.63) is 64.7 Å². The van der Waals surface area contributed by atoms with Gasteiger partial charge in [0.1, 0.15) is 6.54 Å². The molecule has 0 aliphatic carbocycles. The first kappa shape index (κ1) is 21.6. The van der Waals surface area contributed by atoms with Gasteiger partial charge in [0.05, 0.1) is 17.0 Å². The maximum absolute atomic E-state index is 12.4. The molecule has 1 N–H and O–H groups in total. The van der Waals surface area contributed by atoms with Gasteiger partial charge in [-0.3, -0.25) is 14.0 Å². The van der Waals surface area contributed by atoms with Crippen LogP contribution >= 0.6 is 11.6 Å². The van der Waals surface area contributed by atoms with Crippen molar-refractivity contribution in [2.45, 2.75) is 25.9 Å². The van der Waals surface area contributed by atoms with Crippen LogP contribution in [-0.2, 0) is 27.9 Å². The SMILES string of the molecule is CS(=O)(=O)N(CC(=O)NCc1ccc(CN2CCCC2)cc1)c1ccccc1Cl. The monoisotopic (exact) mass is 435 g/mol. The Morgan fingerprint density at radius 1 is 1.07 bits per heavy atom. The minimum atomic E-state index is -3.65. The number of rotatable bonds is 8. The van der Waals surface area contributed by atoms with Gasteiger partial charge in [-0.2, -0.15) is 0 Å². The summed E-state index contributed by atoms with van der Waals surface area (Å²) in [6.07, 6.45) is 3.59. The molecule has 6 nitrogen and oxygen atoms in total. The minimum Gasteiger partial charge on any atom is -0.350 e. The number of likely N-dealkylation sites (tertiary alicyclic amines) is 1. The predicted octanol–water partition coefficient (Wildman–Crippen LogP) is 3.02. The first-order valence-corrected chi connectivity index (χ1v) is 11.8. The molecule has 0 radical (unpaired) electrons. The molecule has 1 amide bonds. The molecule has 1 aliphatic heterocycles. The maximum Gasteiger partial charge on any atom is 0.241 e. The number of benzene rings is 2. The number of carbonyl (C=O) groups excluding carboxylic acids is 1. The average Bonchev–Trinajstić information content (AvgIpc) is 3.18. The van der Waals surface area contributed by atoms with E-state index in [2.05, 4.69) is 22.3 Å². The van der Waals surface area contributed by atoms with Crippen LogP contribution in [0.4, 0.5) is 5.69 Å². The highest BCUT2D eigenvalue weighted by Gasteiger charge is 2.22. The van der Waals surface area contributed by atoms with Gasteiger partial charge in [0.2, 0.25) is 15.9 Å². The zero-order valence-corrected chi connectivity index (χ0v) is 18.0. The molecule has 0 bridgehead atoms. The number of carbonyl (C=O) groups is 1. The molecule has 1 aliphatic rings. The van der Waals surface area contributed by atoms with Gasteiger partial charge in [0, 0.05) is 13.1 Å². The zero-order valence-electron chi connectivity index (χ0n) is 16.5. The van der Waals surface area contributed by atoms with Crippen LogP contribution in [0.2, 0.25) is 5.02 Å². The highest BCUT2D eigenvalue weighted by molar-refractivity contribution is 7.92. The Labute approximate surface area is 177 Å². The lowest BCUT2D eigenvalue weighted by Crippen LogP contribution is -2.40. The second-order valence-electron chi connectivity index (χ2n) is 7.30. The lowest BCUT2D eigenvalue weighted by Gasteiger charge is -2.22. The van der Waals surface area contributed by atoms with Crippen LogP contribution < -0.4 is 9.62 Å². The van der Waals surface area contributed by atoms with Crippen molar-refractivity contribution in [2.24, 2.45) is 0 Å². The summed E-state index contributed by atoms with van der Waals surface area (Å²) in [6, 6.07) is 14.7. The summed E-state index contributed by atoms with van der Waals surface area (Å²) >= 11 is 6.12. The number of para-hydroxylation sites is 1. The van der Waals surface area contributed by atoms with Crippen LogP contribution in [0.3, 0.4) is 0 Å². The second-order valence-corrected chi connectivity index (χ2v) is 9.61. The number of hydrogen-bond acceptors (Lipinski definition) is 4. The van der Waals surface area contributed by atoms with E-state index in [0.717, 1.165) is 35.8 Å². The Bertz CT molecular complexity index is 942. The van der Waals surface area contributed by atoms with E-state index in [1.807, 2.05) is 12.1 Å². The maximum atomic E-state index is 12.4. The normalized spacial score (nSPS) is 14.7. The first-order chi connectivity index (χ1) is 13.8. The Morgan fingerprint density at radius 3 is 2.31 bits per heavy atom. The smallest absolute Gasteiger partial charge is 0.241 e. The van der Waals surface area contributed by atoms with E-state index in [9.17, 15) is 13.2 Å². The van der Waals surface area contributed by atoms with Crippen LogP contribution in [0, 0.1) is 0 Å². The van der Waals surface area contributed by atoms with Crippen molar-refractivity contribution in [1.29, 1.82) is 0 Å². The van der Waals surface area contributed by atoms with Crippen LogP contribution in [0.25, 0.3) is 0 Å². The molecule has 0 atom stereocenters. The molecule has 0 aromatic heterocycles. The van der Waals surface area contributed by atoms with Gasteiger partial charge < -0.3 is 5.32 Å². The van der Waals surface area contributed by atoms with E-state index < -0.39 is 15.9 Å². The highest BCUT2D eigenvalue weighted by atomic mass is 35.5. The van der Waals surface area contributed by atoms with Crippen molar-refractivity contribution in [1.82, 2.24) is 10.2 Å². The topological polar surface area (TPSA) is 69.7 Å². The van der Waals surface area contributed by atoms with Crippen molar-refractivity contribution >= 4 is 33.2 Å². The molecular formula is C21H26ClN3O3S. The van der Waals surface area contributed by atoms with Crippen molar-refractivity contribution in [2.75, 3.05) is 30.2 Å². The van der Waals surface area contributed by atoms with Crippen LogP contribution in [-0.4, -0.2) is 45.1 Å². The summed E-state index contributed by atoms with van der Waals surface area (Å²) in [5.41, 5.74) is 2.51. The summed E-state index contributed by atoms with van der Waals surface area (Å²) in [5.74, 6) is -0.392. The van der Waals surface area contributed by atoms with Crippen LogP contribution in [0.15, 0.2) is 48.5 Å². The second kappa shape index (κ2) is 9.61. The van der Waals surface area contributed by atoms with E-state index in [1.54, 1.807) is 24.3 Å². The average molecular weight is 436 g/mol. The summed E-state index contributed by atoms with van der Waals surface area (Å²) in [5, 5.41) is 3.06. The van der Waals surface area contributed by atoms with E-state index in [0.29, 0.717) is 6.54 Å². The Morgan fingerprint density at radius 2 is 1.69 bits per heavy atom. The summed E-state index contributed by atoms with van der Waals surface area (Å²) in [4.78, 5) is 14.8. The largest absolute Gasteiger partial charge is 0.350 e. The van der Waals surface area contributed by atoms with Gasteiger partial charge in [-0.25, -0.2) is 8.42 Å². The van der Waals surface area contributed by atoms with Gasteiger partial charge in [-0.15, -0.1) is 0 Å². The molecular weight excluding hydrogens is 410 g/mol. The van der Waals surface area contributed by atoms with Crippen molar-refractivity contribution < 1.29 is 13.2 Å². The van der Waals surface area contributed by atoms with E-state index in [-0.39, 0.29) is 17.3 Å². The van der Waals surface area contributed by atoms with Crippen molar-refractivity contribution in [3.63, 3.8) is 0 Å². The molecule has 156 valence electrons. The third-order valence-electron chi connectivity index (χ3n) is 4.93.